The van der Waals surface area contributed by atoms with Gasteiger partial charge in [0.2, 0.25) is 5.09 Å². The first-order valence-electron chi connectivity index (χ1n) is 13.2. The summed E-state index contributed by atoms with van der Waals surface area (Å²) in [5, 5.41) is 5.59. The van der Waals surface area contributed by atoms with Crippen molar-refractivity contribution in [2.45, 2.75) is 102 Å². The van der Waals surface area contributed by atoms with Gasteiger partial charge in [-0.15, -0.1) is 0 Å². The largest absolute Gasteiger partial charge is 0.452 e. The van der Waals surface area contributed by atoms with Gasteiger partial charge in [-0.3, -0.25) is 0 Å². The number of rotatable bonds is 7. The molecule has 3 amide bonds. The standard InChI is InChI=1S/C27H36N4O6S/c1-27(2,3)37-26(33)29-19-12-20(13-19)35-14-16-10-23(36-15-16)38(28,34)31-25(32)30-24-21-8-4-6-17(21)11-18-7-5-9-22(18)24/h10-11,15,19-20H,4-9,12-14H2,1-3H3,(H,29,33)(H3,28,30,31,32,34)/t19?,20?,38-/m1/s1. The first-order chi connectivity index (χ1) is 18.0. The molecule has 1 aromatic heterocycles. The maximum Gasteiger partial charge on any atom is 0.407 e. The van der Waals surface area contributed by atoms with Crippen molar-refractivity contribution in [2.75, 3.05) is 5.32 Å². The molecule has 0 aliphatic heterocycles. The summed E-state index contributed by atoms with van der Waals surface area (Å²) in [6.45, 7) is 5.65. The summed E-state index contributed by atoms with van der Waals surface area (Å²) >= 11 is 0. The average molecular weight is 545 g/mol. The average Bonchev–Trinajstić information content (AvgIpc) is 3.53. The van der Waals surface area contributed by atoms with Crippen molar-refractivity contribution in [3.8, 4) is 0 Å². The van der Waals surface area contributed by atoms with Crippen molar-refractivity contribution < 1.29 is 27.7 Å². The Morgan fingerprint density at radius 2 is 1.74 bits per heavy atom. The molecule has 3 aliphatic rings. The second-order valence-electron chi connectivity index (χ2n) is 11.4. The van der Waals surface area contributed by atoms with Gasteiger partial charge in [0.05, 0.1) is 19.0 Å². The summed E-state index contributed by atoms with van der Waals surface area (Å²) < 4.78 is 40.1. The van der Waals surface area contributed by atoms with Crippen molar-refractivity contribution in [3.05, 3.63) is 46.2 Å². The first-order valence-corrected chi connectivity index (χ1v) is 14.8. The van der Waals surface area contributed by atoms with E-state index in [1.165, 1.54) is 23.5 Å². The van der Waals surface area contributed by atoms with E-state index < -0.39 is 27.6 Å². The lowest BCUT2D eigenvalue weighted by Crippen LogP contribution is -2.49. The van der Waals surface area contributed by atoms with Crippen molar-refractivity contribution in [2.24, 2.45) is 0 Å². The van der Waals surface area contributed by atoms with Crippen LogP contribution in [0.15, 0.2) is 27.9 Å². The third-order valence-electron chi connectivity index (χ3n) is 7.16. The van der Waals surface area contributed by atoms with Gasteiger partial charge >= 0.3 is 12.1 Å². The highest BCUT2D eigenvalue weighted by molar-refractivity contribution is 7.91. The Balaban J connectivity index is 1.12. The van der Waals surface area contributed by atoms with E-state index in [9.17, 15) is 13.8 Å². The molecule has 0 radical (unpaired) electrons. The highest BCUT2D eigenvalue weighted by Crippen LogP contribution is 2.38. The monoisotopic (exact) mass is 544 g/mol. The molecule has 0 bridgehead atoms. The van der Waals surface area contributed by atoms with Crippen LogP contribution in [0.5, 0.6) is 0 Å². The minimum Gasteiger partial charge on any atom is -0.452 e. The molecule has 0 saturated heterocycles. The summed E-state index contributed by atoms with van der Waals surface area (Å²) in [6.07, 6.45) is 8.18. The molecule has 10 nitrogen and oxygen atoms in total. The van der Waals surface area contributed by atoms with Gasteiger partial charge < -0.3 is 24.5 Å². The highest BCUT2D eigenvalue weighted by Gasteiger charge is 2.33. The Hall–Kier alpha value is -3.05. The van der Waals surface area contributed by atoms with E-state index in [2.05, 4.69) is 21.4 Å². The van der Waals surface area contributed by atoms with Gasteiger partial charge in [-0.1, -0.05) is 6.07 Å². The van der Waals surface area contributed by atoms with Crippen LogP contribution in [0.3, 0.4) is 0 Å². The molecular weight excluding hydrogens is 508 g/mol. The number of alkyl carbamates (subject to hydrolysis) is 1. The second-order valence-corrected chi connectivity index (χ2v) is 13.1. The van der Waals surface area contributed by atoms with Gasteiger partial charge in [0.15, 0.2) is 9.92 Å². The van der Waals surface area contributed by atoms with Crippen molar-refractivity contribution in [1.82, 2.24) is 10.0 Å². The molecule has 4 N–H and O–H groups in total. The van der Waals surface area contributed by atoms with Crippen LogP contribution in [0.4, 0.5) is 15.3 Å². The van der Waals surface area contributed by atoms with E-state index in [0.717, 1.165) is 55.3 Å². The van der Waals surface area contributed by atoms with Crippen LogP contribution in [-0.4, -0.2) is 34.1 Å². The van der Waals surface area contributed by atoms with Crippen LogP contribution in [0.2, 0.25) is 0 Å². The summed E-state index contributed by atoms with van der Waals surface area (Å²) in [5.74, 6) is 0. The lowest BCUT2D eigenvalue weighted by molar-refractivity contribution is -0.0292. The fourth-order valence-electron chi connectivity index (χ4n) is 5.37. The number of carbonyl (C=O) groups is 2. The van der Waals surface area contributed by atoms with Gasteiger partial charge in [0.1, 0.15) is 5.60 Å². The number of benzene rings is 1. The molecule has 5 rings (SSSR count). The number of hydrogen-bond donors (Lipinski definition) is 4. The van der Waals surface area contributed by atoms with Crippen LogP contribution in [0, 0.1) is 4.78 Å². The molecule has 2 aromatic rings. The number of hydrogen-bond acceptors (Lipinski definition) is 7. The lowest BCUT2D eigenvalue weighted by Gasteiger charge is -2.35. The van der Waals surface area contributed by atoms with Crippen LogP contribution in [0.25, 0.3) is 0 Å². The SMILES string of the molecule is CC(C)(C)OC(=O)NC1CC(OCc2coc([S@](=N)(=O)NC(=O)Nc3c4c(cc5c3CCC5)CCC4)c2)C1. The number of ether oxygens (including phenoxy) is 2. The van der Waals surface area contributed by atoms with Crippen molar-refractivity contribution in [1.29, 1.82) is 4.78 Å². The summed E-state index contributed by atoms with van der Waals surface area (Å²) in [5.41, 5.74) is 5.78. The number of amides is 3. The zero-order chi connectivity index (χ0) is 27.1. The Morgan fingerprint density at radius 1 is 1.08 bits per heavy atom. The third-order valence-corrected chi connectivity index (χ3v) is 8.42. The molecule has 0 unspecified atom stereocenters. The zero-order valence-corrected chi connectivity index (χ0v) is 22.9. The molecule has 1 fully saturated rings. The Bertz CT molecular complexity index is 1310. The zero-order valence-electron chi connectivity index (χ0n) is 22.1. The molecule has 11 heteroatoms. The van der Waals surface area contributed by atoms with E-state index in [1.807, 2.05) is 20.8 Å². The Labute approximate surface area is 223 Å². The summed E-state index contributed by atoms with van der Waals surface area (Å²) in [6, 6.07) is 3.07. The maximum absolute atomic E-state index is 13.0. The molecule has 1 atom stereocenters. The molecule has 3 aliphatic carbocycles. The molecule has 38 heavy (non-hydrogen) atoms. The van der Waals surface area contributed by atoms with E-state index >= 15 is 0 Å². The van der Waals surface area contributed by atoms with E-state index in [-0.39, 0.29) is 23.8 Å². The molecule has 1 heterocycles. The van der Waals surface area contributed by atoms with E-state index in [1.54, 1.807) is 0 Å². The van der Waals surface area contributed by atoms with Gasteiger partial charge in [0, 0.05) is 23.4 Å². The number of urea groups is 1. The molecular formula is C27H36N4O6S. The molecule has 206 valence electrons. The predicted octanol–water partition coefficient (Wildman–Crippen LogP) is 4.97. The minimum absolute atomic E-state index is 0.00322. The fraction of sp³-hybridized carbons (Fsp3) is 0.556. The van der Waals surface area contributed by atoms with Crippen LogP contribution < -0.4 is 15.4 Å². The maximum atomic E-state index is 13.0. The summed E-state index contributed by atoms with van der Waals surface area (Å²) in [7, 11) is -3.70. The second kappa shape index (κ2) is 10.3. The van der Waals surface area contributed by atoms with E-state index in [4.69, 9.17) is 18.7 Å². The molecule has 1 aromatic carbocycles. The quantitative estimate of drug-likeness (QED) is 0.388. The van der Waals surface area contributed by atoms with E-state index in [0.29, 0.717) is 18.4 Å². The van der Waals surface area contributed by atoms with Gasteiger partial charge in [-0.25, -0.2) is 23.3 Å². The van der Waals surface area contributed by atoms with Crippen LogP contribution in [-0.2, 0) is 51.7 Å². The molecule has 1 saturated carbocycles. The first kappa shape index (κ1) is 26.6. The van der Waals surface area contributed by atoms with Crippen molar-refractivity contribution >= 4 is 27.7 Å². The number of furan rings is 1. The number of aryl methyl sites for hydroxylation is 2. The minimum atomic E-state index is -3.70. The smallest absolute Gasteiger partial charge is 0.407 e. The lowest BCUT2D eigenvalue weighted by atomic mass is 9.89. The third kappa shape index (κ3) is 5.99. The van der Waals surface area contributed by atoms with Gasteiger partial charge in [-0.05, 0) is 94.4 Å². The van der Waals surface area contributed by atoms with Gasteiger partial charge in [0.25, 0.3) is 0 Å². The summed E-state index contributed by atoms with van der Waals surface area (Å²) in [4.78, 5) is 24.7. The topological polar surface area (TPSA) is 143 Å². The van der Waals surface area contributed by atoms with Crippen LogP contribution >= 0.6 is 0 Å². The van der Waals surface area contributed by atoms with Crippen molar-refractivity contribution in [3.63, 3.8) is 0 Å². The van der Waals surface area contributed by atoms with Gasteiger partial charge in [-0.2, -0.15) is 0 Å². The van der Waals surface area contributed by atoms with Crippen LogP contribution in [0.1, 0.15) is 74.3 Å². The highest BCUT2D eigenvalue weighted by atomic mass is 32.2. The predicted molar refractivity (Wildman–Crippen MR) is 141 cm³/mol. The molecule has 0 spiro atoms. The Morgan fingerprint density at radius 3 is 2.37 bits per heavy atom. The number of carbonyl (C=O) groups excluding carboxylic acids is 2. The fourth-order valence-corrected chi connectivity index (χ4v) is 6.29. The number of anilines is 1. The number of fused-ring (bicyclic) bond motifs is 2. The Kier molecular flexibility index (Phi) is 7.17. The number of nitrogens with one attached hydrogen (secondary N) is 4. The normalized spacial score (nSPS) is 21.6.